The van der Waals surface area contributed by atoms with E-state index in [9.17, 15) is 0 Å². The predicted molar refractivity (Wildman–Crippen MR) is 67.9 cm³/mol. The molecule has 0 aliphatic carbocycles. The highest BCUT2D eigenvalue weighted by Crippen LogP contribution is 2.13. The van der Waals surface area contributed by atoms with Crippen molar-refractivity contribution in [2.45, 2.75) is 52.4 Å². The van der Waals surface area contributed by atoms with Gasteiger partial charge in [0.25, 0.3) is 0 Å². The third-order valence-corrected chi connectivity index (χ3v) is 2.75. The van der Waals surface area contributed by atoms with Crippen LogP contribution in [0.5, 0.6) is 0 Å². The molecule has 1 unspecified atom stereocenters. The second-order valence-corrected chi connectivity index (χ2v) is 4.43. The molecule has 0 aromatic heterocycles. The topological polar surface area (TPSA) is 20.2 Å². The zero-order valence-corrected chi connectivity index (χ0v) is 10.3. The first-order chi connectivity index (χ1) is 7.20. The minimum Gasteiger partial charge on any atom is -0.396 e. The lowest BCUT2D eigenvalue weighted by molar-refractivity contribution is 0.259. The van der Waals surface area contributed by atoms with Crippen LogP contribution in [-0.2, 0) is 0 Å². The van der Waals surface area contributed by atoms with Crippen molar-refractivity contribution in [3.8, 4) is 0 Å². The average molecular weight is 210 g/mol. The van der Waals surface area contributed by atoms with Crippen LogP contribution in [0.3, 0.4) is 0 Å². The van der Waals surface area contributed by atoms with Crippen molar-refractivity contribution >= 4 is 0 Å². The van der Waals surface area contributed by atoms with Gasteiger partial charge in [-0.15, -0.1) is 6.58 Å². The molecule has 1 heteroatoms. The summed E-state index contributed by atoms with van der Waals surface area (Å²) in [6.45, 7) is 8.46. The monoisotopic (exact) mass is 210 g/mol. The van der Waals surface area contributed by atoms with Crippen LogP contribution in [0.1, 0.15) is 52.4 Å². The van der Waals surface area contributed by atoms with Crippen molar-refractivity contribution in [2.24, 2.45) is 5.92 Å². The first-order valence-electron chi connectivity index (χ1n) is 6.08. The molecule has 15 heavy (non-hydrogen) atoms. The molecule has 0 fully saturated rings. The second kappa shape index (κ2) is 9.97. The smallest absolute Gasteiger partial charge is 0.0433 e. The highest BCUT2D eigenvalue weighted by molar-refractivity contribution is 4.98. The van der Waals surface area contributed by atoms with Gasteiger partial charge in [-0.25, -0.2) is 0 Å². The van der Waals surface area contributed by atoms with Crippen LogP contribution in [-0.4, -0.2) is 11.7 Å². The molecular formula is C14H26O. The lowest BCUT2D eigenvalue weighted by Gasteiger charge is -2.07. The zero-order valence-electron chi connectivity index (χ0n) is 10.3. The molecule has 1 nitrogen and oxygen atoms in total. The summed E-state index contributed by atoms with van der Waals surface area (Å²) in [5.41, 5.74) is 1.49. The molecule has 0 amide bonds. The highest BCUT2D eigenvalue weighted by atomic mass is 16.3. The van der Waals surface area contributed by atoms with Gasteiger partial charge in [0.05, 0.1) is 0 Å². The number of rotatable bonds is 9. The van der Waals surface area contributed by atoms with Gasteiger partial charge >= 0.3 is 0 Å². The SMILES string of the molecule is C=CCCC/C(C)=C\CCC(C)CCO. The molecule has 0 aliphatic rings. The third kappa shape index (κ3) is 9.74. The van der Waals surface area contributed by atoms with Crippen LogP contribution < -0.4 is 0 Å². The first kappa shape index (κ1) is 14.4. The predicted octanol–water partition coefficient (Wildman–Crippen LogP) is 4.09. The van der Waals surface area contributed by atoms with E-state index < -0.39 is 0 Å². The van der Waals surface area contributed by atoms with E-state index in [-0.39, 0.29) is 0 Å². The van der Waals surface area contributed by atoms with Crippen molar-refractivity contribution in [1.29, 1.82) is 0 Å². The molecule has 88 valence electrons. The van der Waals surface area contributed by atoms with Gasteiger partial charge in [0.15, 0.2) is 0 Å². The van der Waals surface area contributed by atoms with Gasteiger partial charge in [0.2, 0.25) is 0 Å². The maximum absolute atomic E-state index is 8.76. The van der Waals surface area contributed by atoms with Gasteiger partial charge in [-0.1, -0.05) is 24.6 Å². The van der Waals surface area contributed by atoms with Gasteiger partial charge in [-0.05, 0) is 51.4 Å². The molecular weight excluding hydrogens is 184 g/mol. The minimum absolute atomic E-state index is 0.323. The first-order valence-corrected chi connectivity index (χ1v) is 6.08. The maximum Gasteiger partial charge on any atom is 0.0433 e. The van der Waals surface area contributed by atoms with Gasteiger partial charge < -0.3 is 5.11 Å². The van der Waals surface area contributed by atoms with Crippen molar-refractivity contribution in [3.63, 3.8) is 0 Å². The Labute approximate surface area is 94.9 Å². The van der Waals surface area contributed by atoms with E-state index in [2.05, 4.69) is 26.5 Å². The molecule has 0 bridgehead atoms. The normalized spacial score (nSPS) is 13.9. The Morgan fingerprint density at radius 3 is 2.67 bits per heavy atom. The van der Waals surface area contributed by atoms with Crippen molar-refractivity contribution in [3.05, 3.63) is 24.3 Å². The van der Waals surface area contributed by atoms with E-state index in [1.807, 2.05) is 6.08 Å². The summed E-state index contributed by atoms with van der Waals surface area (Å²) in [6, 6.07) is 0. The number of allylic oxidation sites excluding steroid dienone is 3. The van der Waals surface area contributed by atoms with E-state index in [0.717, 1.165) is 19.3 Å². The van der Waals surface area contributed by atoms with Crippen molar-refractivity contribution in [1.82, 2.24) is 0 Å². The molecule has 1 N–H and O–H groups in total. The molecule has 0 aromatic carbocycles. The lowest BCUT2D eigenvalue weighted by atomic mass is 10.0. The molecule has 0 heterocycles. The molecule has 0 saturated heterocycles. The van der Waals surface area contributed by atoms with Crippen LogP contribution in [0.2, 0.25) is 0 Å². The summed E-state index contributed by atoms with van der Waals surface area (Å²) in [5, 5.41) is 8.76. The quantitative estimate of drug-likeness (QED) is 0.449. The van der Waals surface area contributed by atoms with E-state index in [4.69, 9.17) is 5.11 Å². The summed E-state index contributed by atoms with van der Waals surface area (Å²) in [4.78, 5) is 0. The van der Waals surface area contributed by atoms with Crippen molar-refractivity contribution < 1.29 is 5.11 Å². The zero-order chi connectivity index (χ0) is 11.5. The summed E-state index contributed by atoms with van der Waals surface area (Å²) in [5.74, 6) is 0.646. The van der Waals surface area contributed by atoms with Crippen LogP contribution in [0, 0.1) is 5.92 Å². The van der Waals surface area contributed by atoms with Crippen LogP contribution in [0.25, 0.3) is 0 Å². The van der Waals surface area contributed by atoms with Crippen LogP contribution in [0.15, 0.2) is 24.3 Å². The Morgan fingerprint density at radius 1 is 1.33 bits per heavy atom. The molecule has 0 aliphatic heterocycles. The summed E-state index contributed by atoms with van der Waals surface area (Å²) in [6.07, 6.45) is 11.1. The minimum atomic E-state index is 0.323. The number of unbranched alkanes of at least 4 members (excludes halogenated alkanes) is 1. The fourth-order valence-corrected chi connectivity index (χ4v) is 1.61. The van der Waals surface area contributed by atoms with Gasteiger partial charge in [0, 0.05) is 6.61 Å². The number of hydrogen-bond donors (Lipinski definition) is 1. The molecule has 0 radical (unpaired) electrons. The second-order valence-electron chi connectivity index (χ2n) is 4.43. The lowest BCUT2D eigenvalue weighted by Crippen LogP contribution is -1.97. The van der Waals surface area contributed by atoms with Gasteiger partial charge in [-0.3, -0.25) is 0 Å². The van der Waals surface area contributed by atoms with E-state index in [1.54, 1.807) is 0 Å². The fraction of sp³-hybridized carbons (Fsp3) is 0.714. The Hall–Kier alpha value is -0.560. The Balaban J connectivity index is 3.52. The van der Waals surface area contributed by atoms with Crippen molar-refractivity contribution in [2.75, 3.05) is 6.61 Å². The fourth-order valence-electron chi connectivity index (χ4n) is 1.61. The third-order valence-electron chi connectivity index (χ3n) is 2.75. The standard InChI is InChI=1S/C14H26O/c1-4-5-6-8-13(2)9-7-10-14(3)11-12-15/h4,9,14-15H,1,5-8,10-12H2,2-3H3/b13-9-. The number of aliphatic hydroxyl groups excluding tert-OH is 1. The summed E-state index contributed by atoms with van der Waals surface area (Å²) in [7, 11) is 0. The van der Waals surface area contributed by atoms with Crippen LogP contribution in [0.4, 0.5) is 0 Å². The molecule has 0 saturated carbocycles. The van der Waals surface area contributed by atoms with Gasteiger partial charge in [0.1, 0.15) is 0 Å². The molecule has 0 rings (SSSR count). The van der Waals surface area contributed by atoms with Crippen LogP contribution >= 0.6 is 0 Å². The summed E-state index contributed by atoms with van der Waals surface area (Å²) >= 11 is 0. The highest BCUT2D eigenvalue weighted by Gasteiger charge is 1.99. The van der Waals surface area contributed by atoms with E-state index >= 15 is 0 Å². The molecule has 0 aromatic rings. The van der Waals surface area contributed by atoms with E-state index in [1.165, 1.54) is 24.8 Å². The largest absolute Gasteiger partial charge is 0.396 e. The maximum atomic E-state index is 8.76. The summed E-state index contributed by atoms with van der Waals surface area (Å²) < 4.78 is 0. The van der Waals surface area contributed by atoms with E-state index in [0.29, 0.717) is 12.5 Å². The Bertz CT molecular complexity index is 182. The Morgan fingerprint density at radius 2 is 2.07 bits per heavy atom. The van der Waals surface area contributed by atoms with Gasteiger partial charge in [-0.2, -0.15) is 0 Å². The average Bonchev–Trinajstić information content (AvgIpc) is 2.18. The number of aliphatic hydroxyl groups is 1. The Kier molecular flexibility index (Phi) is 9.60. The number of hydrogen-bond acceptors (Lipinski definition) is 1. The molecule has 1 atom stereocenters. The molecule has 0 spiro atoms.